The van der Waals surface area contributed by atoms with Crippen molar-refractivity contribution in [2.24, 2.45) is 0 Å². The molecule has 0 saturated carbocycles. The number of rotatable bonds is 5. The van der Waals surface area contributed by atoms with E-state index >= 15 is 0 Å². The Morgan fingerprint density at radius 1 is 0.707 bits per heavy atom. The van der Waals surface area contributed by atoms with Crippen molar-refractivity contribution in [2.75, 3.05) is 19.0 Å². The van der Waals surface area contributed by atoms with Gasteiger partial charge in [-0.25, -0.2) is 9.97 Å². The van der Waals surface area contributed by atoms with E-state index < -0.39 is 11.7 Å². The van der Waals surface area contributed by atoms with Gasteiger partial charge in [0.2, 0.25) is 5.88 Å². The minimum Gasteiger partial charge on any atom is -0.439 e. The summed E-state index contributed by atoms with van der Waals surface area (Å²) in [5.41, 5.74) is 5.01. The van der Waals surface area contributed by atoms with Gasteiger partial charge in [0, 0.05) is 49.0 Å². The minimum absolute atomic E-state index is 0.0508. The van der Waals surface area contributed by atoms with E-state index in [1.807, 2.05) is 69.2 Å². The Morgan fingerprint density at radius 3 is 2.24 bits per heavy atom. The van der Waals surface area contributed by atoms with Crippen LogP contribution in [0, 0.1) is 13.8 Å². The first kappa shape index (κ1) is 26.4. The van der Waals surface area contributed by atoms with Crippen molar-refractivity contribution in [1.82, 2.24) is 14.5 Å². The molecule has 0 bridgehead atoms. The Bertz CT molecular complexity index is 1920. The number of anilines is 1. The third-order valence-electron chi connectivity index (χ3n) is 7.08. The summed E-state index contributed by atoms with van der Waals surface area (Å²) >= 11 is 0. The van der Waals surface area contributed by atoms with Gasteiger partial charge in [-0.2, -0.15) is 13.2 Å². The molecule has 3 heterocycles. The normalized spacial score (nSPS) is 11.8. The van der Waals surface area contributed by atoms with Crippen molar-refractivity contribution in [3.8, 4) is 28.6 Å². The fourth-order valence-corrected chi connectivity index (χ4v) is 5.05. The average Bonchev–Trinajstić information content (AvgIpc) is 3.25. The van der Waals surface area contributed by atoms with Gasteiger partial charge in [-0.05, 0) is 85.1 Å². The molecule has 0 unspecified atom stereocenters. The standard InChI is InChI=1S/C33H27F3N4O/c1-20-5-8-29-28(13-20)27-7-6-22(17-30(27)40(29)31-14-21(2)9-11-37-31)23-15-24(33(34,35)36)18-26(16-23)41-32-19-25(39(3)4)10-12-38-32/h5-19H,1-4H3. The molecule has 0 fully saturated rings. The number of fused-ring (bicyclic) bond motifs is 3. The molecule has 0 amide bonds. The highest BCUT2D eigenvalue weighted by Crippen LogP contribution is 2.39. The van der Waals surface area contributed by atoms with Crippen LogP contribution in [0.1, 0.15) is 16.7 Å². The van der Waals surface area contributed by atoms with Gasteiger partial charge in [0.1, 0.15) is 11.6 Å². The fourth-order valence-electron chi connectivity index (χ4n) is 5.05. The topological polar surface area (TPSA) is 43.2 Å². The number of hydrogen-bond donors (Lipinski definition) is 0. The van der Waals surface area contributed by atoms with E-state index in [0.717, 1.165) is 56.6 Å². The highest BCUT2D eigenvalue weighted by Gasteiger charge is 2.32. The van der Waals surface area contributed by atoms with Gasteiger partial charge in [0.15, 0.2) is 0 Å². The van der Waals surface area contributed by atoms with E-state index in [1.165, 1.54) is 0 Å². The van der Waals surface area contributed by atoms with Crippen molar-refractivity contribution in [2.45, 2.75) is 20.0 Å². The highest BCUT2D eigenvalue weighted by molar-refractivity contribution is 6.10. The number of alkyl halides is 3. The molecule has 0 radical (unpaired) electrons. The number of ether oxygens (including phenoxy) is 1. The van der Waals surface area contributed by atoms with E-state index in [4.69, 9.17) is 4.74 Å². The zero-order valence-electron chi connectivity index (χ0n) is 23.0. The highest BCUT2D eigenvalue weighted by atomic mass is 19.4. The summed E-state index contributed by atoms with van der Waals surface area (Å²) in [7, 11) is 3.73. The van der Waals surface area contributed by atoms with Crippen molar-refractivity contribution < 1.29 is 17.9 Å². The van der Waals surface area contributed by atoms with Crippen LogP contribution in [0.25, 0.3) is 38.8 Å². The third-order valence-corrected chi connectivity index (χ3v) is 7.08. The molecule has 0 saturated heterocycles. The molecule has 3 aromatic heterocycles. The second kappa shape index (κ2) is 9.96. The van der Waals surface area contributed by atoms with Crippen LogP contribution in [0.3, 0.4) is 0 Å². The lowest BCUT2D eigenvalue weighted by Gasteiger charge is -2.15. The summed E-state index contributed by atoms with van der Waals surface area (Å²) in [6, 6.07) is 23.1. The zero-order chi connectivity index (χ0) is 28.9. The van der Waals surface area contributed by atoms with E-state index in [-0.39, 0.29) is 11.6 Å². The number of aromatic nitrogens is 3. The first-order valence-corrected chi connectivity index (χ1v) is 13.1. The maximum Gasteiger partial charge on any atom is 0.416 e. The van der Waals surface area contributed by atoms with Crippen LogP contribution in [0.2, 0.25) is 0 Å². The number of pyridine rings is 2. The van der Waals surface area contributed by atoms with Crippen LogP contribution in [0.4, 0.5) is 18.9 Å². The zero-order valence-corrected chi connectivity index (χ0v) is 23.0. The first-order valence-electron chi connectivity index (χ1n) is 13.1. The monoisotopic (exact) mass is 552 g/mol. The third kappa shape index (κ3) is 5.09. The number of benzene rings is 3. The Balaban J connectivity index is 1.54. The van der Waals surface area contributed by atoms with Crippen molar-refractivity contribution in [3.63, 3.8) is 0 Å². The molecule has 6 aromatic rings. The summed E-state index contributed by atoms with van der Waals surface area (Å²) in [5.74, 6) is 0.999. The van der Waals surface area contributed by atoms with Crippen molar-refractivity contribution >= 4 is 27.5 Å². The van der Waals surface area contributed by atoms with Crippen LogP contribution < -0.4 is 9.64 Å². The molecule has 5 nitrogen and oxygen atoms in total. The second-order valence-corrected chi connectivity index (χ2v) is 10.4. The van der Waals surface area contributed by atoms with E-state index in [9.17, 15) is 13.2 Å². The Hall–Kier alpha value is -4.85. The van der Waals surface area contributed by atoms with Gasteiger partial charge in [-0.15, -0.1) is 0 Å². The Kier molecular flexibility index (Phi) is 6.41. The van der Waals surface area contributed by atoms with Gasteiger partial charge in [-0.1, -0.05) is 23.8 Å². The summed E-state index contributed by atoms with van der Waals surface area (Å²) in [6.45, 7) is 4.04. The number of halogens is 3. The molecule has 8 heteroatoms. The SMILES string of the molecule is Cc1ccnc(-n2c3ccc(C)cc3c3ccc(-c4cc(Oc5cc(N(C)C)ccn5)cc(C(F)(F)F)c4)cc32)c1. The molecule has 41 heavy (non-hydrogen) atoms. The fraction of sp³-hybridized carbons (Fsp3) is 0.152. The molecule has 0 spiro atoms. The Labute approximate surface area is 235 Å². The van der Waals surface area contributed by atoms with Gasteiger partial charge in [-0.3, -0.25) is 4.57 Å². The average molecular weight is 553 g/mol. The quantitative estimate of drug-likeness (QED) is 0.215. The first-order chi connectivity index (χ1) is 19.6. The van der Waals surface area contributed by atoms with Crippen LogP contribution >= 0.6 is 0 Å². The predicted octanol–water partition coefficient (Wildman–Crippen LogP) is 8.73. The van der Waals surface area contributed by atoms with Crippen LogP contribution in [0.5, 0.6) is 11.6 Å². The molecule has 0 aliphatic heterocycles. The maximum atomic E-state index is 14.0. The molecule has 0 N–H and O–H groups in total. The molecular formula is C33H27F3N4O. The largest absolute Gasteiger partial charge is 0.439 e. The molecule has 0 aliphatic carbocycles. The van der Waals surface area contributed by atoms with Crippen LogP contribution in [-0.4, -0.2) is 28.6 Å². The van der Waals surface area contributed by atoms with Crippen LogP contribution in [-0.2, 0) is 6.18 Å². The number of aryl methyl sites for hydroxylation is 2. The minimum atomic E-state index is -4.56. The smallest absolute Gasteiger partial charge is 0.416 e. The summed E-state index contributed by atoms with van der Waals surface area (Å²) in [5, 5.41) is 2.04. The van der Waals surface area contributed by atoms with Crippen LogP contribution in [0.15, 0.2) is 91.3 Å². The van der Waals surface area contributed by atoms with Gasteiger partial charge in [0.25, 0.3) is 0 Å². The summed E-state index contributed by atoms with van der Waals surface area (Å²) in [6.07, 6.45) is -1.24. The molecular weight excluding hydrogens is 525 g/mol. The molecule has 3 aromatic carbocycles. The molecule has 6 rings (SSSR count). The lowest BCUT2D eigenvalue weighted by Crippen LogP contribution is -2.08. The van der Waals surface area contributed by atoms with E-state index in [0.29, 0.717) is 11.1 Å². The van der Waals surface area contributed by atoms with E-state index in [2.05, 4.69) is 26.7 Å². The summed E-state index contributed by atoms with van der Waals surface area (Å²) < 4.78 is 50.0. The molecule has 0 aliphatic rings. The maximum absolute atomic E-state index is 14.0. The van der Waals surface area contributed by atoms with Crippen molar-refractivity contribution in [1.29, 1.82) is 0 Å². The lowest BCUT2D eigenvalue weighted by atomic mass is 10.0. The summed E-state index contributed by atoms with van der Waals surface area (Å²) in [4.78, 5) is 10.7. The van der Waals surface area contributed by atoms with E-state index in [1.54, 1.807) is 30.6 Å². The van der Waals surface area contributed by atoms with Gasteiger partial charge in [0.05, 0.1) is 16.6 Å². The molecule has 206 valence electrons. The predicted molar refractivity (Wildman–Crippen MR) is 157 cm³/mol. The van der Waals surface area contributed by atoms with Crippen molar-refractivity contribution in [3.05, 3.63) is 108 Å². The number of hydrogen-bond acceptors (Lipinski definition) is 4. The lowest BCUT2D eigenvalue weighted by molar-refractivity contribution is -0.137. The number of nitrogens with zero attached hydrogens (tertiary/aromatic N) is 4. The molecule has 0 atom stereocenters. The van der Waals surface area contributed by atoms with Gasteiger partial charge >= 0.3 is 6.18 Å². The van der Waals surface area contributed by atoms with Gasteiger partial charge < -0.3 is 9.64 Å². The Morgan fingerprint density at radius 2 is 1.49 bits per heavy atom. The second-order valence-electron chi connectivity index (χ2n) is 10.4.